The third kappa shape index (κ3) is 2.82. The third-order valence-electron chi connectivity index (χ3n) is 2.26. The van der Waals surface area contributed by atoms with Crippen molar-refractivity contribution in [3.63, 3.8) is 0 Å². The van der Waals surface area contributed by atoms with Crippen molar-refractivity contribution >= 4 is 12.2 Å². The number of allylic oxidation sites excluding steroid dienone is 1. The van der Waals surface area contributed by atoms with E-state index in [0.717, 1.165) is 11.6 Å². The molecule has 0 aliphatic heterocycles. The van der Waals surface area contributed by atoms with Crippen molar-refractivity contribution in [1.29, 1.82) is 0 Å². The fourth-order valence-corrected chi connectivity index (χ4v) is 1.67. The molecule has 0 spiro atoms. The van der Waals surface area contributed by atoms with Crippen LogP contribution in [0.4, 0.5) is 0 Å². The van der Waals surface area contributed by atoms with Crippen molar-refractivity contribution in [1.82, 2.24) is 14.8 Å². The number of hydrogen-bond acceptors (Lipinski definition) is 3. The Bertz CT molecular complexity index is 544. The molecule has 1 aromatic heterocycles. The molecule has 0 saturated carbocycles. The van der Waals surface area contributed by atoms with E-state index in [-0.39, 0.29) is 0 Å². The second-order valence-electron chi connectivity index (χ2n) is 3.45. The molecule has 2 aromatic rings. The van der Waals surface area contributed by atoms with E-state index >= 15 is 0 Å². The molecular formula is C12H13N3OS. The van der Waals surface area contributed by atoms with E-state index < -0.39 is 0 Å². The first-order valence-electron chi connectivity index (χ1n) is 5.24. The number of aromatic amines is 1. The smallest absolute Gasteiger partial charge is 0.195 e. The zero-order chi connectivity index (χ0) is 12.1. The number of ether oxygens (including phenoxy) is 1. The van der Waals surface area contributed by atoms with Gasteiger partial charge in [-0.1, -0.05) is 24.3 Å². The number of benzene rings is 1. The Morgan fingerprint density at radius 2 is 2.18 bits per heavy atom. The van der Waals surface area contributed by atoms with Gasteiger partial charge in [-0.3, -0.25) is 9.67 Å². The predicted octanol–water partition coefficient (Wildman–Crippen LogP) is 2.71. The van der Waals surface area contributed by atoms with Gasteiger partial charge in [0.1, 0.15) is 12.4 Å². The maximum atomic E-state index is 5.61. The number of nitrogens with one attached hydrogen (secondary N) is 1. The van der Waals surface area contributed by atoms with Crippen LogP contribution in [0.15, 0.2) is 43.0 Å². The van der Waals surface area contributed by atoms with Crippen LogP contribution in [0.2, 0.25) is 0 Å². The molecule has 0 aliphatic rings. The van der Waals surface area contributed by atoms with Crippen LogP contribution in [0.25, 0.3) is 0 Å². The first-order valence-corrected chi connectivity index (χ1v) is 5.65. The normalized spacial score (nSPS) is 10.1. The summed E-state index contributed by atoms with van der Waals surface area (Å²) >= 11 is 5.11. The lowest BCUT2D eigenvalue weighted by atomic mass is 10.3. The van der Waals surface area contributed by atoms with Crippen molar-refractivity contribution in [2.45, 2.75) is 13.2 Å². The fourth-order valence-electron chi connectivity index (χ4n) is 1.44. The van der Waals surface area contributed by atoms with Crippen LogP contribution < -0.4 is 4.74 Å². The summed E-state index contributed by atoms with van der Waals surface area (Å²) in [4.78, 5) is 0. The zero-order valence-electron chi connectivity index (χ0n) is 9.30. The summed E-state index contributed by atoms with van der Waals surface area (Å²) in [5, 5.41) is 6.87. The van der Waals surface area contributed by atoms with Gasteiger partial charge in [0.25, 0.3) is 0 Å². The molecule has 5 heteroatoms. The summed E-state index contributed by atoms with van der Waals surface area (Å²) < 4.78 is 8.04. The van der Waals surface area contributed by atoms with E-state index in [4.69, 9.17) is 17.0 Å². The van der Waals surface area contributed by atoms with Crippen LogP contribution in [-0.4, -0.2) is 14.8 Å². The lowest BCUT2D eigenvalue weighted by Crippen LogP contribution is -2.06. The standard InChI is InChI=1S/C12H13N3OS/c1-2-8-15-11(13-14-12(15)17)9-16-10-6-4-3-5-7-10/h2-7H,1,8-9H2,(H,14,17). The zero-order valence-corrected chi connectivity index (χ0v) is 10.1. The van der Waals surface area contributed by atoms with Gasteiger partial charge < -0.3 is 4.74 Å². The molecule has 0 bridgehead atoms. The Labute approximate surface area is 105 Å². The maximum absolute atomic E-state index is 5.61. The van der Waals surface area contributed by atoms with Crippen molar-refractivity contribution in [3.05, 3.63) is 53.6 Å². The van der Waals surface area contributed by atoms with E-state index in [9.17, 15) is 0 Å². The lowest BCUT2D eigenvalue weighted by Gasteiger charge is -2.06. The van der Waals surface area contributed by atoms with Gasteiger partial charge in [-0.15, -0.1) is 6.58 Å². The topological polar surface area (TPSA) is 42.8 Å². The summed E-state index contributed by atoms with van der Waals surface area (Å²) in [5.74, 6) is 1.57. The quantitative estimate of drug-likeness (QED) is 0.652. The van der Waals surface area contributed by atoms with Gasteiger partial charge in [-0.25, -0.2) is 0 Å². The van der Waals surface area contributed by atoms with Crippen molar-refractivity contribution in [2.75, 3.05) is 0 Å². The van der Waals surface area contributed by atoms with E-state index in [1.54, 1.807) is 6.08 Å². The molecule has 0 aliphatic carbocycles. The molecule has 0 amide bonds. The van der Waals surface area contributed by atoms with Crippen molar-refractivity contribution < 1.29 is 4.74 Å². The van der Waals surface area contributed by atoms with Crippen LogP contribution in [-0.2, 0) is 13.2 Å². The molecule has 0 unspecified atom stereocenters. The highest BCUT2D eigenvalue weighted by atomic mass is 32.1. The van der Waals surface area contributed by atoms with Crippen LogP contribution in [0.3, 0.4) is 0 Å². The predicted molar refractivity (Wildman–Crippen MR) is 68.4 cm³/mol. The monoisotopic (exact) mass is 247 g/mol. The molecular weight excluding hydrogens is 234 g/mol. The molecule has 0 fully saturated rings. The summed E-state index contributed by atoms with van der Waals surface area (Å²) in [7, 11) is 0. The minimum absolute atomic E-state index is 0.380. The van der Waals surface area contributed by atoms with Gasteiger partial charge in [0.15, 0.2) is 10.6 Å². The Balaban J connectivity index is 2.09. The van der Waals surface area contributed by atoms with Crippen molar-refractivity contribution in [2.24, 2.45) is 0 Å². The molecule has 2 rings (SSSR count). The highest BCUT2D eigenvalue weighted by molar-refractivity contribution is 7.71. The van der Waals surface area contributed by atoms with Gasteiger partial charge >= 0.3 is 0 Å². The number of nitrogens with zero attached hydrogens (tertiary/aromatic N) is 2. The molecule has 0 saturated heterocycles. The van der Waals surface area contributed by atoms with Crippen LogP contribution in [0.1, 0.15) is 5.82 Å². The molecule has 0 radical (unpaired) electrons. The summed E-state index contributed by atoms with van der Waals surface area (Å²) in [5.41, 5.74) is 0. The fraction of sp³-hybridized carbons (Fsp3) is 0.167. The van der Waals surface area contributed by atoms with Crippen LogP contribution >= 0.6 is 12.2 Å². The molecule has 1 heterocycles. The molecule has 0 atom stereocenters. The number of hydrogen-bond donors (Lipinski definition) is 1. The average Bonchev–Trinajstić information content (AvgIpc) is 2.70. The maximum Gasteiger partial charge on any atom is 0.195 e. The second-order valence-corrected chi connectivity index (χ2v) is 3.83. The summed E-state index contributed by atoms with van der Waals surface area (Å²) in [6.07, 6.45) is 1.78. The van der Waals surface area contributed by atoms with Crippen LogP contribution in [0.5, 0.6) is 5.75 Å². The Morgan fingerprint density at radius 1 is 1.41 bits per heavy atom. The molecule has 1 aromatic carbocycles. The number of rotatable bonds is 5. The SMILES string of the molecule is C=CCn1c(COc2ccccc2)n[nH]c1=S. The number of H-pyrrole nitrogens is 1. The van der Waals surface area contributed by atoms with Gasteiger partial charge in [0, 0.05) is 6.54 Å². The van der Waals surface area contributed by atoms with Crippen molar-refractivity contribution in [3.8, 4) is 5.75 Å². The summed E-state index contributed by atoms with van der Waals surface area (Å²) in [6.45, 7) is 4.69. The van der Waals surface area contributed by atoms with E-state index in [1.807, 2.05) is 34.9 Å². The van der Waals surface area contributed by atoms with Gasteiger partial charge in [0.05, 0.1) is 0 Å². The Morgan fingerprint density at radius 3 is 2.88 bits per heavy atom. The Hall–Kier alpha value is -1.88. The molecule has 1 N–H and O–H groups in total. The van der Waals surface area contributed by atoms with Gasteiger partial charge in [-0.2, -0.15) is 5.10 Å². The summed E-state index contributed by atoms with van der Waals surface area (Å²) in [6, 6.07) is 9.60. The number of aromatic nitrogens is 3. The minimum atomic E-state index is 0.380. The first kappa shape index (κ1) is 11.6. The first-order chi connectivity index (χ1) is 8.31. The second kappa shape index (κ2) is 5.45. The van der Waals surface area contributed by atoms with E-state index in [2.05, 4.69) is 16.8 Å². The molecule has 4 nitrogen and oxygen atoms in total. The molecule has 17 heavy (non-hydrogen) atoms. The Kier molecular flexibility index (Phi) is 3.72. The van der Waals surface area contributed by atoms with E-state index in [0.29, 0.717) is 17.9 Å². The average molecular weight is 247 g/mol. The van der Waals surface area contributed by atoms with Crippen LogP contribution in [0, 0.1) is 4.77 Å². The van der Waals surface area contributed by atoms with Gasteiger partial charge in [0.2, 0.25) is 0 Å². The van der Waals surface area contributed by atoms with E-state index in [1.165, 1.54) is 0 Å². The highest BCUT2D eigenvalue weighted by Gasteiger charge is 2.05. The van der Waals surface area contributed by atoms with Gasteiger partial charge in [-0.05, 0) is 24.4 Å². The highest BCUT2D eigenvalue weighted by Crippen LogP contribution is 2.10. The minimum Gasteiger partial charge on any atom is -0.486 e. The number of para-hydroxylation sites is 1. The third-order valence-corrected chi connectivity index (χ3v) is 2.57. The lowest BCUT2D eigenvalue weighted by molar-refractivity contribution is 0.290. The largest absolute Gasteiger partial charge is 0.486 e. The molecule has 88 valence electrons.